The van der Waals surface area contributed by atoms with Crippen molar-refractivity contribution in [3.8, 4) is 0 Å². The summed E-state index contributed by atoms with van der Waals surface area (Å²) in [5.41, 5.74) is 0. The van der Waals surface area contributed by atoms with Gasteiger partial charge in [-0.05, 0) is 13.3 Å². The van der Waals surface area contributed by atoms with Crippen LogP contribution in [0.5, 0.6) is 0 Å². The zero-order valence-corrected chi connectivity index (χ0v) is 19.9. The Morgan fingerprint density at radius 2 is 0.897 bits per heavy atom. The van der Waals surface area contributed by atoms with Gasteiger partial charge in [0, 0.05) is 0 Å². The highest BCUT2D eigenvalue weighted by molar-refractivity contribution is 5.74. The average Bonchev–Trinajstić information content (AvgIpc) is 2.72. The molecule has 0 amide bonds. The minimum Gasteiger partial charge on any atom is -0.464 e. The highest BCUT2D eigenvalue weighted by atomic mass is 16.5. The van der Waals surface area contributed by atoms with E-state index in [-0.39, 0.29) is 0 Å². The molecule has 0 rings (SSSR count). The van der Waals surface area contributed by atoms with Gasteiger partial charge in [0.2, 0.25) is 0 Å². The second kappa shape index (κ2) is 23.7. The number of aliphatic hydroxyl groups excluding tert-OH is 1. The second-order valence-electron chi connectivity index (χ2n) is 8.77. The third-order valence-electron chi connectivity index (χ3n) is 5.89. The normalized spacial score (nSPS) is 12.2. The number of unbranched alkanes of at least 4 members (excludes halogenated alkanes) is 19. The third kappa shape index (κ3) is 21.9. The second-order valence-corrected chi connectivity index (χ2v) is 8.77. The standard InChI is InChI=1S/C26H52O3/c1-3-5-6-7-8-9-10-11-12-13-14-15-16-17-18-19-20-21-22-23-24-25(27)26(28)29-4-2/h25,27H,3-24H2,1-2H3/t25-/m0/s1. The summed E-state index contributed by atoms with van der Waals surface area (Å²) >= 11 is 0. The summed E-state index contributed by atoms with van der Waals surface area (Å²) in [5, 5.41) is 9.63. The lowest BCUT2D eigenvalue weighted by atomic mass is 10.0. The number of carbonyl (C=O) groups is 1. The molecule has 3 nitrogen and oxygen atoms in total. The highest BCUT2D eigenvalue weighted by Crippen LogP contribution is 2.15. The van der Waals surface area contributed by atoms with E-state index in [0.29, 0.717) is 13.0 Å². The Labute approximate surface area is 182 Å². The number of hydrogen-bond donors (Lipinski definition) is 1. The molecule has 1 atom stereocenters. The predicted octanol–water partition coefficient (Wildman–Crippen LogP) is 8.12. The van der Waals surface area contributed by atoms with Gasteiger partial charge in [0.05, 0.1) is 6.61 Å². The molecular formula is C26H52O3. The molecule has 0 aliphatic carbocycles. The summed E-state index contributed by atoms with van der Waals surface area (Å²) in [6.45, 7) is 4.39. The number of rotatable bonds is 23. The van der Waals surface area contributed by atoms with E-state index in [9.17, 15) is 9.90 Å². The molecule has 0 saturated carbocycles. The molecule has 0 unspecified atom stereocenters. The zero-order chi connectivity index (χ0) is 21.4. The van der Waals surface area contributed by atoms with Crippen LogP contribution in [0.3, 0.4) is 0 Å². The van der Waals surface area contributed by atoms with E-state index < -0.39 is 12.1 Å². The topological polar surface area (TPSA) is 46.5 Å². The van der Waals surface area contributed by atoms with Crippen molar-refractivity contribution in [3.63, 3.8) is 0 Å². The van der Waals surface area contributed by atoms with Crippen molar-refractivity contribution < 1.29 is 14.6 Å². The maximum atomic E-state index is 11.3. The monoisotopic (exact) mass is 412 g/mol. The molecule has 29 heavy (non-hydrogen) atoms. The van der Waals surface area contributed by atoms with Crippen molar-refractivity contribution in [1.82, 2.24) is 0 Å². The SMILES string of the molecule is CCCCCCCCCCCCCCCCCCCCCC[C@H](O)C(=O)OCC. The van der Waals surface area contributed by atoms with Crippen molar-refractivity contribution in [3.05, 3.63) is 0 Å². The van der Waals surface area contributed by atoms with Crippen molar-refractivity contribution >= 4 is 5.97 Å². The van der Waals surface area contributed by atoms with Crippen LogP contribution in [-0.2, 0) is 9.53 Å². The number of hydrogen-bond acceptors (Lipinski definition) is 3. The highest BCUT2D eigenvalue weighted by Gasteiger charge is 2.14. The summed E-state index contributed by atoms with van der Waals surface area (Å²) in [7, 11) is 0. The first-order chi connectivity index (χ1) is 14.2. The minimum absolute atomic E-state index is 0.342. The van der Waals surface area contributed by atoms with E-state index in [0.717, 1.165) is 12.8 Å². The maximum absolute atomic E-state index is 11.3. The Morgan fingerprint density at radius 1 is 0.586 bits per heavy atom. The van der Waals surface area contributed by atoms with Gasteiger partial charge in [0.15, 0.2) is 6.10 Å². The minimum atomic E-state index is -0.925. The van der Waals surface area contributed by atoms with Crippen LogP contribution in [0.25, 0.3) is 0 Å². The number of esters is 1. The average molecular weight is 413 g/mol. The van der Waals surface area contributed by atoms with E-state index >= 15 is 0 Å². The Hall–Kier alpha value is -0.570. The Morgan fingerprint density at radius 3 is 1.21 bits per heavy atom. The molecule has 0 fully saturated rings. The van der Waals surface area contributed by atoms with Gasteiger partial charge in [-0.25, -0.2) is 4.79 Å². The first-order valence-electron chi connectivity index (χ1n) is 13.1. The van der Waals surface area contributed by atoms with E-state index in [1.165, 1.54) is 116 Å². The Balaban J connectivity index is 3.11. The Bertz CT molecular complexity index is 330. The van der Waals surface area contributed by atoms with Crippen LogP contribution in [-0.4, -0.2) is 23.8 Å². The van der Waals surface area contributed by atoms with Crippen molar-refractivity contribution in [1.29, 1.82) is 0 Å². The fourth-order valence-corrected chi connectivity index (χ4v) is 3.95. The molecule has 174 valence electrons. The summed E-state index contributed by atoms with van der Waals surface area (Å²) in [4.78, 5) is 11.3. The van der Waals surface area contributed by atoms with E-state index in [1.807, 2.05) is 0 Å². The van der Waals surface area contributed by atoms with Crippen LogP contribution in [0.2, 0.25) is 0 Å². The van der Waals surface area contributed by atoms with Crippen molar-refractivity contribution in [2.45, 2.75) is 155 Å². The summed E-state index contributed by atoms with van der Waals surface area (Å²) in [6.07, 6.45) is 26.8. The Kier molecular flexibility index (Phi) is 23.2. The van der Waals surface area contributed by atoms with Crippen molar-refractivity contribution in [2.24, 2.45) is 0 Å². The molecule has 0 bridgehead atoms. The first-order valence-corrected chi connectivity index (χ1v) is 13.1. The lowest BCUT2D eigenvalue weighted by Crippen LogP contribution is -2.22. The van der Waals surface area contributed by atoms with E-state index in [4.69, 9.17) is 4.74 Å². The van der Waals surface area contributed by atoms with Crippen LogP contribution >= 0.6 is 0 Å². The fourth-order valence-electron chi connectivity index (χ4n) is 3.95. The summed E-state index contributed by atoms with van der Waals surface area (Å²) in [5.74, 6) is -0.467. The van der Waals surface area contributed by atoms with E-state index in [1.54, 1.807) is 6.92 Å². The molecule has 0 aliphatic heterocycles. The summed E-state index contributed by atoms with van der Waals surface area (Å²) < 4.78 is 4.81. The number of aliphatic hydroxyl groups is 1. The molecule has 3 heteroatoms. The third-order valence-corrected chi connectivity index (χ3v) is 5.89. The number of ether oxygens (including phenoxy) is 1. The zero-order valence-electron chi connectivity index (χ0n) is 19.9. The smallest absolute Gasteiger partial charge is 0.334 e. The predicted molar refractivity (Wildman–Crippen MR) is 125 cm³/mol. The van der Waals surface area contributed by atoms with Crippen LogP contribution in [0.1, 0.15) is 149 Å². The largest absolute Gasteiger partial charge is 0.464 e. The first kappa shape index (κ1) is 28.4. The van der Waals surface area contributed by atoms with Gasteiger partial charge in [-0.3, -0.25) is 0 Å². The molecule has 0 aromatic rings. The number of carbonyl (C=O) groups excluding carboxylic acids is 1. The molecule has 0 aliphatic rings. The molecule has 0 saturated heterocycles. The molecule has 0 aromatic heterocycles. The molecule has 0 aromatic carbocycles. The molecule has 0 spiro atoms. The lowest BCUT2D eigenvalue weighted by Gasteiger charge is -2.09. The molecule has 0 heterocycles. The van der Waals surface area contributed by atoms with Crippen LogP contribution < -0.4 is 0 Å². The van der Waals surface area contributed by atoms with Crippen LogP contribution in [0, 0.1) is 0 Å². The quantitative estimate of drug-likeness (QED) is 0.136. The van der Waals surface area contributed by atoms with Crippen LogP contribution in [0.15, 0.2) is 0 Å². The van der Waals surface area contributed by atoms with Gasteiger partial charge in [-0.1, -0.05) is 135 Å². The van der Waals surface area contributed by atoms with Crippen LogP contribution in [0.4, 0.5) is 0 Å². The van der Waals surface area contributed by atoms with Crippen molar-refractivity contribution in [2.75, 3.05) is 6.61 Å². The molecular weight excluding hydrogens is 360 g/mol. The van der Waals surface area contributed by atoms with Gasteiger partial charge in [-0.2, -0.15) is 0 Å². The molecule has 0 radical (unpaired) electrons. The van der Waals surface area contributed by atoms with Gasteiger partial charge in [0.1, 0.15) is 0 Å². The maximum Gasteiger partial charge on any atom is 0.334 e. The summed E-state index contributed by atoms with van der Waals surface area (Å²) in [6, 6.07) is 0. The van der Waals surface area contributed by atoms with Gasteiger partial charge in [-0.15, -0.1) is 0 Å². The van der Waals surface area contributed by atoms with E-state index in [2.05, 4.69) is 6.92 Å². The van der Waals surface area contributed by atoms with Gasteiger partial charge >= 0.3 is 5.97 Å². The lowest BCUT2D eigenvalue weighted by molar-refractivity contribution is -0.153. The fraction of sp³-hybridized carbons (Fsp3) is 0.962. The van der Waals surface area contributed by atoms with Gasteiger partial charge in [0.25, 0.3) is 0 Å². The van der Waals surface area contributed by atoms with Gasteiger partial charge < -0.3 is 9.84 Å². The molecule has 1 N–H and O–H groups in total.